The molecule has 1 amide bonds. The third kappa shape index (κ3) is 5.05. The van der Waals surface area contributed by atoms with Gasteiger partial charge in [-0.25, -0.2) is 0 Å². The Balaban J connectivity index is 1.87. The van der Waals surface area contributed by atoms with Crippen molar-refractivity contribution in [2.24, 2.45) is 7.05 Å². The van der Waals surface area contributed by atoms with Crippen molar-refractivity contribution in [2.75, 3.05) is 11.9 Å². The molecule has 0 spiro atoms. The molecule has 27 heavy (non-hydrogen) atoms. The topological polar surface area (TPSA) is 98.5 Å². The monoisotopic (exact) mass is 368 g/mol. The van der Waals surface area contributed by atoms with Gasteiger partial charge in [-0.15, -0.1) is 0 Å². The van der Waals surface area contributed by atoms with Crippen LogP contribution in [0.1, 0.15) is 17.3 Å². The van der Waals surface area contributed by atoms with E-state index in [4.69, 9.17) is 9.47 Å². The fourth-order valence-electron chi connectivity index (χ4n) is 2.31. The number of hydrogen-bond acceptors (Lipinski definition) is 6. The fraction of sp³-hybridized carbons (Fsp3) is 0.211. The molecule has 0 bridgehead atoms. The standard InChI is InChI=1S/C19H20N4O4/c1-13(12-24)26-16-8-14(19(25)21-18-5-7-23(2)22-18)9-17(10-16)27-15-4-3-6-20-11-15/h3-11,13,24H,12H2,1-2H3,(H,21,22,25). The summed E-state index contributed by atoms with van der Waals surface area (Å²) in [6.07, 6.45) is 4.51. The Morgan fingerprint density at radius 1 is 1.26 bits per heavy atom. The number of carbonyl (C=O) groups is 1. The van der Waals surface area contributed by atoms with Crippen molar-refractivity contribution in [1.29, 1.82) is 0 Å². The zero-order chi connectivity index (χ0) is 19.2. The van der Waals surface area contributed by atoms with E-state index in [1.54, 1.807) is 73.6 Å². The first-order valence-corrected chi connectivity index (χ1v) is 8.35. The van der Waals surface area contributed by atoms with E-state index in [9.17, 15) is 9.90 Å². The first-order chi connectivity index (χ1) is 13.0. The molecule has 1 atom stereocenters. The molecule has 2 aromatic heterocycles. The average molecular weight is 368 g/mol. The highest BCUT2D eigenvalue weighted by molar-refractivity contribution is 6.04. The second-order valence-electron chi connectivity index (χ2n) is 5.92. The van der Waals surface area contributed by atoms with Gasteiger partial charge in [0.15, 0.2) is 5.82 Å². The van der Waals surface area contributed by atoms with Crippen molar-refractivity contribution in [3.63, 3.8) is 0 Å². The summed E-state index contributed by atoms with van der Waals surface area (Å²) < 4.78 is 13.0. The lowest BCUT2D eigenvalue weighted by molar-refractivity contribution is 0.102. The molecular weight excluding hydrogens is 348 g/mol. The summed E-state index contributed by atoms with van der Waals surface area (Å²) >= 11 is 0. The van der Waals surface area contributed by atoms with E-state index in [2.05, 4.69) is 15.4 Å². The Kier molecular flexibility index (Phi) is 5.68. The fourth-order valence-corrected chi connectivity index (χ4v) is 2.31. The molecule has 1 aromatic carbocycles. The van der Waals surface area contributed by atoms with E-state index in [-0.39, 0.29) is 12.5 Å². The Morgan fingerprint density at radius 2 is 2.07 bits per heavy atom. The maximum atomic E-state index is 12.6. The normalized spacial score (nSPS) is 11.7. The number of anilines is 1. The number of ether oxygens (including phenoxy) is 2. The van der Waals surface area contributed by atoms with E-state index in [0.717, 1.165) is 0 Å². The number of hydrogen-bond donors (Lipinski definition) is 2. The van der Waals surface area contributed by atoms with Crippen molar-refractivity contribution in [3.05, 3.63) is 60.6 Å². The molecule has 1 unspecified atom stereocenters. The molecule has 0 saturated heterocycles. The van der Waals surface area contributed by atoms with Gasteiger partial charge < -0.3 is 19.9 Å². The van der Waals surface area contributed by atoms with Gasteiger partial charge in [-0.05, 0) is 31.2 Å². The summed E-state index contributed by atoms with van der Waals surface area (Å²) in [5, 5.41) is 16.1. The van der Waals surface area contributed by atoms with Gasteiger partial charge >= 0.3 is 0 Å². The second-order valence-corrected chi connectivity index (χ2v) is 5.92. The van der Waals surface area contributed by atoms with Gasteiger partial charge in [-0.1, -0.05) is 0 Å². The van der Waals surface area contributed by atoms with Crippen molar-refractivity contribution in [3.8, 4) is 17.2 Å². The predicted octanol–water partition coefficient (Wildman–Crippen LogP) is 2.62. The molecule has 0 radical (unpaired) electrons. The van der Waals surface area contributed by atoms with Crippen molar-refractivity contribution in [1.82, 2.24) is 14.8 Å². The SMILES string of the molecule is CC(CO)Oc1cc(Oc2cccnc2)cc(C(=O)Nc2ccn(C)n2)c1. The average Bonchev–Trinajstić information content (AvgIpc) is 3.07. The number of carbonyl (C=O) groups excluding carboxylic acids is 1. The number of pyridine rings is 1. The molecule has 3 aromatic rings. The number of aliphatic hydroxyl groups is 1. The smallest absolute Gasteiger partial charge is 0.257 e. The zero-order valence-electron chi connectivity index (χ0n) is 15.0. The van der Waals surface area contributed by atoms with Gasteiger partial charge in [-0.2, -0.15) is 5.10 Å². The highest BCUT2D eigenvalue weighted by Crippen LogP contribution is 2.28. The van der Waals surface area contributed by atoms with Gasteiger partial charge in [0.25, 0.3) is 5.91 Å². The molecule has 0 aliphatic rings. The van der Waals surface area contributed by atoms with Gasteiger partial charge in [0, 0.05) is 37.1 Å². The molecule has 2 N–H and O–H groups in total. The van der Waals surface area contributed by atoms with Crippen LogP contribution in [0.5, 0.6) is 17.2 Å². The Hall–Kier alpha value is -3.39. The maximum absolute atomic E-state index is 12.6. The quantitative estimate of drug-likeness (QED) is 0.665. The first-order valence-electron chi connectivity index (χ1n) is 8.35. The van der Waals surface area contributed by atoms with Crippen LogP contribution in [0.3, 0.4) is 0 Å². The van der Waals surface area contributed by atoms with Crippen LogP contribution in [0.25, 0.3) is 0 Å². The number of nitrogens with zero attached hydrogens (tertiary/aromatic N) is 3. The minimum absolute atomic E-state index is 0.150. The van der Waals surface area contributed by atoms with Crippen LogP contribution < -0.4 is 14.8 Å². The molecule has 0 aliphatic heterocycles. The third-order valence-electron chi connectivity index (χ3n) is 3.56. The molecule has 0 saturated carbocycles. The van der Waals surface area contributed by atoms with Crippen LogP contribution in [-0.2, 0) is 7.05 Å². The lowest BCUT2D eigenvalue weighted by atomic mass is 10.2. The summed E-state index contributed by atoms with van der Waals surface area (Å²) in [4.78, 5) is 16.6. The minimum Gasteiger partial charge on any atom is -0.488 e. The largest absolute Gasteiger partial charge is 0.488 e. The summed E-state index contributed by atoms with van der Waals surface area (Å²) in [5.74, 6) is 1.43. The zero-order valence-corrected chi connectivity index (χ0v) is 15.0. The summed E-state index contributed by atoms with van der Waals surface area (Å²) in [7, 11) is 1.76. The van der Waals surface area contributed by atoms with E-state index in [1.807, 2.05) is 0 Å². The molecular formula is C19H20N4O4. The molecule has 140 valence electrons. The lowest BCUT2D eigenvalue weighted by Crippen LogP contribution is -2.17. The first kappa shape index (κ1) is 18.4. The number of benzene rings is 1. The highest BCUT2D eigenvalue weighted by atomic mass is 16.5. The number of amides is 1. The van der Waals surface area contributed by atoms with Crippen LogP contribution in [0.15, 0.2) is 55.0 Å². The Labute approximate surface area is 156 Å². The molecule has 0 aliphatic carbocycles. The summed E-state index contributed by atoms with van der Waals surface area (Å²) in [6, 6.07) is 10.0. The number of rotatable bonds is 7. The predicted molar refractivity (Wildman–Crippen MR) is 99.1 cm³/mol. The number of nitrogens with one attached hydrogen (secondary N) is 1. The number of aliphatic hydroxyl groups excluding tert-OH is 1. The molecule has 3 rings (SSSR count). The summed E-state index contributed by atoms with van der Waals surface area (Å²) in [5.41, 5.74) is 0.335. The van der Waals surface area contributed by atoms with Gasteiger partial charge in [0.1, 0.15) is 23.4 Å². The molecule has 2 heterocycles. The molecule has 0 fully saturated rings. The highest BCUT2D eigenvalue weighted by Gasteiger charge is 2.14. The maximum Gasteiger partial charge on any atom is 0.257 e. The number of aryl methyl sites for hydroxylation is 1. The van der Waals surface area contributed by atoms with Gasteiger partial charge in [-0.3, -0.25) is 14.5 Å². The van der Waals surface area contributed by atoms with Crippen LogP contribution in [-0.4, -0.2) is 38.5 Å². The van der Waals surface area contributed by atoms with Crippen LogP contribution in [0.2, 0.25) is 0 Å². The van der Waals surface area contributed by atoms with Crippen LogP contribution in [0, 0.1) is 0 Å². The van der Waals surface area contributed by atoms with Crippen LogP contribution >= 0.6 is 0 Å². The lowest BCUT2D eigenvalue weighted by Gasteiger charge is -2.15. The van der Waals surface area contributed by atoms with E-state index in [0.29, 0.717) is 28.6 Å². The minimum atomic E-state index is -0.426. The van der Waals surface area contributed by atoms with Gasteiger partial charge in [0.05, 0.1) is 12.8 Å². The van der Waals surface area contributed by atoms with Crippen LogP contribution in [0.4, 0.5) is 5.82 Å². The van der Waals surface area contributed by atoms with Crippen molar-refractivity contribution < 1.29 is 19.4 Å². The molecule has 8 nitrogen and oxygen atoms in total. The number of aromatic nitrogens is 3. The van der Waals surface area contributed by atoms with Crippen molar-refractivity contribution in [2.45, 2.75) is 13.0 Å². The Bertz CT molecular complexity index is 911. The second kappa shape index (κ2) is 8.33. The molecule has 8 heteroatoms. The Morgan fingerprint density at radius 3 is 2.74 bits per heavy atom. The van der Waals surface area contributed by atoms with E-state index >= 15 is 0 Å². The summed E-state index contributed by atoms with van der Waals surface area (Å²) in [6.45, 7) is 1.57. The van der Waals surface area contributed by atoms with E-state index in [1.165, 1.54) is 0 Å². The van der Waals surface area contributed by atoms with Crippen molar-refractivity contribution >= 4 is 11.7 Å². The van der Waals surface area contributed by atoms with E-state index < -0.39 is 6.10 Å². The van der Waals surface area contributed by atoms with Gasteiger partial charge in [0.2, 0.25) is 0 Å². The third-order valence-corrected chi connectivity index (χ3v) is 3.56.